The molecule has 2 aromatic heterocycles. The molecule has 2 heterocycles. The van der Waals surface area contributed by atoms with Crippen LogP contribution in [0, 0.1) is 0 Å². The van der Waals surface area contributed by atoms with Gasteiger partial charge in [-0.25, -0.2) is 4.98 Å². The van der Waals surface area contributed by atoms with Gasteiger partial charge in [-0.15, -0.1) is 0 Å². The molecule has 0 aliphatic rings. The summed E-state index contributed by atoms with van der Waals surface area (Å²) in [7, 11) is 0. The molecular formula is C36H26ClN3O4. The van der Waals surface area contributed by atoms with Gasteiger partial charge in [-0.3, -0.25) is 4.79 Å². The van der Waals surface area contributed by atoms with E-state index in [9.17, 15) is 4.79 Å². The number of nitrogens with zero attached hydrogens (tertiary/aromatic N) is 3. The van der Waals surface area contributed by atoms with Crippen LogP contribution in [-0.4, -0.2) is 22.5 Å². The monoisotopic (exact) mass is 599 g/mol. The Bertz CT molecular complexity index is 2220. The summed E-state index contributed by atoms with van der Waals surface area (Å²) < 4.78 is 19.5. The highest BCUT2D eigenvalue weighted by Crippen LogP contribution is 2.37. The molecule has 0 saturated heterocycles. The summed E-state index contributed by atoms with van der Waals surface area (Å²) in [4.78, 5) is 18.4. The molecule has 0 aliphatic heterocycles. The molecule has 8 heteroatoms. The van der Waals surface area contributed by atoms with Crippen LogP contribution in [0.5, 0.6) is 11.5 Å². The minimum Gasteiger partial charge on any atom is -0.490 e. The summed E-state index contributed by atoms with van der Waals surface area (Å²) in [6.07, 6.45) is 1.55. The van der Waals surface area contributed by atoms with Crippen LogP contribution >= 0.6 is 11.6 Å². The molecule has 0 N–H and O–H groups in total. The summed E-state index contributed by atoms with van der Waals surface area (Å²) >= 11 is 6.76. The van der Waals surface area contributed by atoms with E-state index in [0.29, 0.717) is 57.5 Å². The molecule has 0 bridgehead atoms. The Morgan fingerprint density at radius 1 is 0.864 bits per heavy atom. The number of hydrogen-bond donors (Lipinski definition) is 0. The Kier molecular flexibility index (Phi) is 7.30. The molecule has 7 nitrogen and oxygen atoms in total. The Hall–Kier alpha value is -5.40. The Balaban J connectivity index is 1.26. The largest absolute Gasteiger partial charge is 0.490 e. The van der Waals surface area contributed by atoms with Gasteiger partial charge in [-0.2, -0.15) is 9.78 Å². The van der Waals surface area contributed by atoms with Crippen molar-refractivity contribution in [1.29, 1.82) is 0 Å². The normalized spacial score (nSPS) is 11.6. The Morgan fingerprint density at radius 3 is 2.45 bits per heavy atom. The molecule has 0 saturated carbocycles. The van der Waals surface area contributed by atoms with E-state index in [2.05, 4.69) is 23.3 Å². The maximum atomic E-state index is 13.7. The van der Waals surface area contributed by atoms with E-state index in [4.69, 9.17) is 30.5 Å². The molecule has 0 fully saturated rings. The number of furan rings is 1. The second-order valence-electron chi connectivity index (χ2n) is 10.2. The zero-order chi connectivity index (χ0) is 30.0. The number of ether oxygens (including phenoxy) is 2. The number of fused-ring (bicyclic) bond motifs is 3. The topological polar surface area (TPSA) is 78.9 Å². The van der Waals surface area contributed by atoms with Crippen LogP contribution < -0.4 is 15.0 Å². The molecule has 0 spiro atoms. The summed E-state index contributed by atoms with van der Waals surface area (Å²) in [6, 6.07) is 34.4. The Labute approximate surface area is 257 Å². The highest BCUT2D eigenvalue weighted by atomic mass is 35.5. The lowest BCUT2D eigenvalue weighted by atomic mass is 10.1. The molecule has 216 valence electrons. The molecule has 7 rings (SSSR count). The van der Waals surface area contributed by atoms with Gasteiger partial charge in [-0.05, 0) is 65.2 Å². The van der Waals surface area contributed by atoms with Crippen molar-refractivity contribution >= 4 is 50.5 Å². The first-order chi connectivity index (χ1) is 21.6. The predicted molar refractivity (Wildman–Crippen MR) is 175 cm³/mol. The quantitative estimate of drug-likeness (QED) is 0.164. The van der Waals surface area contributed by atoms with Gasteiger partial charge in [0, 0.05) is 5.39 Å². The van der Waals surface area contributed by atoms with Crippen LogP contribution in [-0.2, 0) is 6.61 Å². The number of benzene rings is 5. The highest BCUT2D eigenvalue weighted by Gasteiger charge is 2.17. The van der Waals surface area contributed by atoms with Crippen molar-refractivity contribution in [2.24, 2.45) is 5.10 Å². The third-order valence-electron chi connectivity index (χ3n) is 7.31. The van der Waals surface area contributed by atoms with Crippen molar-refractivity contribution in [2.45, 2.75) is 13.5 Å². The first kappa shape index (κ1) is 27.4. The van der Waals surface area contributed by atoms with Gasteiger partial charge in [-0.1, -0.05) is 84.4 Å². The lowest BCUT2D eigenvalue weighted by molar-refractivity contribution is 0.270. The van der Waals surface area contributed by atoms with E-state index < -0.39 is 0 Å². The van der Waals surface area contributed by atoms with E-state index in [1.807, 2.05) is 67.6 Å². The van der Waals surface area contributed by atoms with Gasteiger partial charge in [0.05, 0.1) is 28.7 Å². The number of aromatic nitrogens is 2. The molecule has 0 amide bonds. The summed E-state index contributed by atoms with van der Waals surface area (Å²) in [6.45, 7) is 2.61. The van der Waals surface area contributed by atoms with Crippen molar-refractivity contribution in [3.63, 3.8) is 0 Å². The minimum absolute atomic E-state index is 0.285. The van der Waals surface area contributed by atoms with Crippen LogP contribution in [0.15, 0.2) is 124 Å². The zero-order valence-electron chi connectivity index (χ0n) is 23.7. The SMILES string of the molecule is CCOc1cc(C=Nn2c(-c3cc4ccccc4o3)nc3ccccc3c2=O)cc(Cl)c1OCc1cccc2ccccc12. The van der Waals surface area contributed by atoms with Gasteiger partial charge in [0.2, 0.25) is 5.82 Å². The van der Waals surface area contributed by atoms with Crippen LogP contribution in [0.3, 0.4) is 0 Å². The molecule has 0 aliphatic carbocycles. The van der Waals surface area contributed by atoms with E-state index in [0.717, 1.165) is 21.7 Å². The third kappa shape index (κ3) is 5.18. The predicted octanol–water partition coefficient (Wildman–Crippen LogP) is 8.48. The molecular weight excluding hydrogens is 574 g/mol. The van der Waals surface area contributed by atoms with Gasteiger partial charge in [0.15, 0.2) is 17.3 Å². The second kappa shape index (κ2) is 11.7. The fourth-order valence-corrected chi connectivity index (χ4v) is 5.51. The maximum Gasteiger partial charge on any atom is 0.282 e. The van der Waals surface area contributed by atoms with Gasteiger partial charge in [0.25, 0.3) is 5.56 Å². The van der Waals surface area contributed by atoms with E-state index in [1.165, 1.54) is 4.68 Å². The number of halogens is 1. The third-order valence-corrected chi connectivity index (χ3v) is 7.59. The summed E-state index contributed by atoms with van der Waals surface area (Å²) in [5.41, 5.74) is 2.56. The smallest absolute Gasteiger partial charge is 0.282 e. The van der Waals surface area contributed by atoms with Crippen molar-refractivity contribution < 1.29 is 13.9 Å². The summed E-state index contributed by atoms with van der Waals surface area (Å²) in [5.74, 6) is 1.62. The average molecular weight is 600 g/mol. The standard InChI is InChI=1S/C36H26ClN3O4/c1-2-42-32-19-23(18-29(37)34(32)43-22-26-13-9-12-24-10-3-5-14-27(24)26)21-38-40-35(33-20-25-11-4-8-17-31(25)44-33)39-30-16-7-6-15-28(30)36(40)41/h3-21H,2,22H2,1H3. The number of rotatable bonds is 8. The number of hydrogen-bond acceptors (Lipinski definition) is 6. The van der Waals surface area contributed by atoms with Crippen LogP contribution in [0.25, 0.3) is 44.2 Å². The molecule has 0 radical (unpaired) electrons. The fourth-order valence-electron chi connectivity index (χ4n) is 5.24. The minimum atomic E-state index is -0.325. The Morgan fingerprint density at radius 2 is 1.61 bits per heavy atom. The van der Waals surface area contributed by atoms with Gasteiger partial charge < -0.3 is 13.9 Å². The lowest BCUT2D eigenvalue weighted by Crippen LogP contribution is -2.20. The van der Waals surface area contributed by atoms with Gasteiger partial charge in [0.1, 0.15) is 12.2 Å². The van der Waals surface area contributed by atoms with Crippen molar-refractivity contribution in [3.8, 4) is 23.1 Å². The molecule has 0 atom stereocenters. The fraction of sp³-hybridized carbons (Fsp3) is 0.0833. The van der Waals surface area contributed by atoms with E-state index in [1.54, 1.807) is 36.5 Å². The van der Waals surface area contributed by atoms with Gasteiger partial charge >= 0.3 is 0 Å². The van der Waals surface area contributed by atoms with Crippen LogP contribution in [0.2, 0.25) is 5.02 Å². The van der Waals surface area contributed by atoms with Crippen molar-refractivity contribution in [3.05, 3.63) is 136 Å². The summed E-state index contributed by atoms with van der Waals surface area (Å²) in [5, 5.41) is 8.52. The van der Waals surface area contributed by atoms with Crippen LogP contribution in [0.4, 0.5) is 0 Å². The molecule has 7 aromatic rings. The molecule has 0 unspecified atom stereocenters. The van der Waals surface area contributed by atoms with E-state index in [-0.39, 0.29) is 11.4 Å². The first-order valence-electron chi connectivity index (χ1n) is 14.2. The van der Waals surface area contributed by atoms with Crippen molar-refractivity contribution in [1.82, 2.24) is 9.66 Å². The zero-order valence-corrected chi connectivity index (χ0v) is 24.5. The van der Waals surface area contributed by atoms with Crippen molar-refractivity contribution in [2.75, 3.05) is 6.61 Å². The average Bonchev–Trinajstić information content (AvgIpc) is 3.48. The highest BCUT2D eigenvalue weighted by molar-refractivity contribution is 6.32. The van der Waals surface area contributed by atoms with Crippen LogP contribution in [0.1, 0.15) is 18.1 Å². The lowest BCUT2D eigenvalue weighted by Gasteiger charge is -2.15. The second-order valence-corrected chi connectivity index (χ2v) is 10.6. The molecule has 44 heavy (non-hydrogen) atoms. The molecule has 5 aromatic carbocycles. The maximum absolute atomic E-state index is 13.7. The number of para-hydroxylation sites is 2. The van der Waals surface area contributed by atoms with E-state index >= 15 is 0 Å². The first-order valence-corrected chi connectivity index (χ1v) is 14.6.